The number of nitrogen functional groups attached to an aromatic ring is 1. The third kappa shape index (κ3) is 1.18. The summed E-state index contributed by atoms with van der Waals surface area (Å²) in [5.41, 5.74) is 9.60. The number of rotatable bonds is 1. The largest absolute Gasteiger partial charge is 0.436 e. The number of nitrogens with two attached hydrogens (primary N) is 1. The van der Waals surface area contributed by atoms with Crippen LogP contribution in [0.2, 0.25) is 0 Å². The number of aromatic nitrogens is 3. The van der Waals surface area contributed by atoms with Gasteiger partial charge in [0, 0.05) is 5.69 Å². The zero-order chi connectivity index (χ0) is 11.1. The summed E-state index contributed by atoms with van der Waals surface area (Å²) in [4.78, 5) is 4.36. The second kappa shape index (κ2) is 3.10. The van der Waals surface area contributed by atoms with Gasteiger partial charge in [-0.1, -0.05) is 6.07 Å². The van der Waals surface area contributed by atoms with E-state index in [2.05, 4.69) is 15.2 Å². The van der Waals surface area contributed by atoms with E-state index >= 15 is 0 Å². The first-order chi connectivity index (χ1) is 7.75. The number of oxazole rings is 1. The third-order valence-electron chi connectivity index (χ3n) is 2.51. The van der Waals surface area contributed by atoms with Crippen molar-refractivity contribution >= 4 is 16.8 Å². The van der Waals surface area contributed by atoms with Crippen LogP contribution in [0.1, 0.15) is 5.69 Å². The van der Waals surface area contributed by atoms with Gasteiger partial charge >= 0.3 is 0 Å². The van der Waals surface area contributed by atoms with Gasteiger partial charge in [0.25, 0.3) is 0 Å². The zero-order valence-electron chi connectivity index (χ0n) is 8.69. The molecule has 3 aromatic rings. The molecule has 2 heterocycles. The Labute approximate surface area is 91.3 Å². The van der Waals surface area contributed by atoms with E-state index in [9.17, 15) is 0 Å². The van der Waals surface area contributed by atoms with E-state index in [-0.39, 0.29) is 0 Å². The highest BCUT2D eigenvalue weighted by Crippen LogP contribution is 2.28. The standard InChI is InChI=1S/C11H10N4O/c1-6-7(5-13-15-6)11-14-10-8(12)3-2-4-9(10)16-11/h2-5H,12H2,1H3,(H,13,15). The zero-order valence-corrected chi connectivity index (χ0v) is 8.69. The highest BCUT2D eigenvalue weighted by molar-refractivity contribution is 5.87. The van der Waals surface area contributed by atoms with Crippen molar-refractivity contribution in [2.45, 2.75) is 6.92 Å². The number of nitrogens with one attached hydrogen (secondary N) is 1. The maximum Gasteiger partial charge on any atom is 0.230 e. The smallest absolute Gasteiger partial charge is 0.230 e. The molecular formula is C11H10N4O. The van der Waals surface area contributed by atoms with Gasteiger partial charge < -0.3 is 10.2 Å². The molecular weight excluding hydrogens is 204 g/mol. The summed E-state index contributed by atoms with van der Waals surface area (Å²) >= 11 is 0. The van der Waals surface area contributed by atoms with E-state index in [0.717, 1.165) is 11.3 Å². The Hall–Kier alpha value is -2.30. The van der Waals surface area contributed by atoms with Crippen LogP contribution < -0.4 is 5.73 Å². The minimum atomic E-state index is 0.541. The van der Waals surface area contributed by atoms with Gasteiger partial charge in [0.05, 0.1) is 17.4 Å². The molecule has 0 aliphatic rings. The first-order valence-corrected chi connectivity index (χ1v) is 4.91. The number of hydrogen-bond acceptors (Lipinski definition) is 4. The summed E-state index contributed by atoms with van der Waals surface area (Å²) in [5, 5.41) is 6.78. The van der Waals surface area contributed by atoms with Gasteiger partial charge in [-0.05, 0) is 19.1 Å². The molecule has 0 bridgehead atoms. The molecule has 3 N–H and O–H groups in total. The van der Waals surface area contributed by atoms with E-state index in [4.69, 9.17) is 10.2 Å². The summed E-state index contributed by atoms with van der Waals surface area (Å²) in [5.74, 6) is 0.541. The second-order valence-corrected chi connectivity index (χ2v) is 3.62. The predicted molar refractivity (Wildman–Crippen MR) is 60.7 cm³/mol. The number of aromatic amines is 1. The maximum absolute atomic E-state index is 5.82. The Kier molecular flexibility index (Phi) is 1.73. The molecule has 5 nitrogen and oxygen atoms in total. The molecule has 0 saturated carbocycles. The number of fused-ring (bicyclic) bond motifs is 1. The summed E-state index contributed by atoms with van der Waals surface area (Å²) < 4.78 is 5.62. The molecule has 0 radical (unpaired) electrons. The van der Waals surface area contributed by atoms with Crippen molar-refractivity contribution in [2.75, 3.05) is 5.73 Å². The lowest BCUT2D eigenvalue weighted by atomic mass is 10.2. The molecule has 0 fully saturated rings. The maximum atomic E-state index is 5.82. The summed E-state index contributed by atoms with van der Waals surface area (Å²) in [6, 6.07) is 5.49. The minimum Gasteiger partial charge on any atom is -0.436 e. The molecule has 0 spiro atoms. The molecule has 80 valence electrons. The Morgan fingerprint density at radius 3 is 2.94 bits per heavy atom. The molecule has 0 amide bonds. The molecule has 2 aromatic heterocycles. The van der Waals surface area contributed by atoms with Crippen LogP contribution in [0.25, 0.3) is 22.6 Å². The van der Waals surface area contributed by atoms with Crippen molar-refractivity contribution in [1.29, 1.82) is 0 Å². The van der Waals surface area contributed by atoms with Crippen LogP contribution in [0.3, 0.4) is 0 Å². The van der Waals surface area contributed by atoms with E-state index in [1.165, 1.54) is 0 Å². The topological polar surface area (TPSA) is 80.7 Å². The number of benzene rings is 1. The molecule has 1 aromatic carbocycles. The summed E-state index contributed by atoms with van der Waals surface area (Å²) in [7, 11) is 0. The first-order valence-electron chi connectivity index (χ1n) is 4.91. The summed E-state index contributed by atoms with van der Waals surface area (Å²) in [6.07, 6.45) is 1.69. The van der Waals surface area contributed by atoms with Gasteiger partial charge in [-0.25, -0.2) is 4.98 Å². The van der Waals surface area contributed by atoms with Crippen LogP contribution in [0.4, 0.5) is 5.69 Å². The van der Waals surface area contributed by atoms with Crippen molar-refractivity contribution in [3.05, 3.63) is 30.1 Å². The molecule has 16 heavy (non-hydrogen) atoms. The SMILES string of the molecule is Cc1[nH]ncc1-c1nc2c(N)cccc2o1. The number of nitrogens with zero attached hydrogens (tertiary/aromatic N) is 2. The Bertz CT molecular complexity index is 653. The first kappa shape index (κ1) is 8.96. The normalized spacial score (nSPS) is 11.1. The van der Waals surface area contributed by atoms with Crippen molar-refractivity contribution in [2.24, 2.45) is 0 Å². The van der Waals surface area contributed by atoms with Gasteiger partial charge in [0.15, 0.2) is 5.58 Å². The number of H-pyrrole nitrogens is 1. The van der Waals surface area contributed by atoms with E-state index < -0.39 is 0 Å². The molecule has 0 unspecified atom stereocenters. The molecule has 0 aliphatic carbocycles. The van der Waals surface area contributed by atoms with Crippen LogP contribution in [0.5, 0.6) is 0 Å². The lowest BCUT2D eigenvalue weighted by Gasteiger charge is -1.89. The predicted octanol–water partition coefficient (Wildman–Crippen LogP) is 2.11. The van der Waals surface area contributed by atoms with Crippen molar-refractivity contribution in [3.63, 3.8) is 0 Å². The second-order valence-electron chi connectivity index (χ2n) is 3.62. The Balaban J connectivity index is 2.27. The van der Waals surface area contributed by atoms with E-state index in [0.29, 0.717) is 22.7 Å². The average molecular weight is 214 g/mol. The molecule has 5 heteroatoms. The van der Waals surface area contributed by atoms with Crippen LogP contribution in [0.15, 0.2) is 28.8 Å². The third-order valence-corrected chi connectivity index (χ3v) is 2.51. The number of anilines is 1. The van der Waals surface area contributed by atoms with Crippen LogP contribution in [-0.2, 0) is 0 Å². The van der Waals surface area contributed by atoms with Crippen molar-refractivity contribution in [1.82, 2.24) is 15.2 Å². The van der Waals surface area contributed by atoms with Crippen LogP contribution >= 0.6 is 0 Å². The van der Waals surface area contributed by atoms with E-state index in [1.54, 1.807) is 12.3 Å². The summed E-state index contributed by atoms with van der Waals surface area (Å²) in [6.45, 7) is 1.92. The van der Waals surface area contributed by atoms with Crippen molar-refractivity contribution < 1.29 is 4.42 Å². The van der Waals surface area contributed by atoms with Crippen molar-refractivity contribution in [3.8, 4) is 11.5 Å². The van der Waals surface area contributed by atoms with Gasteiger partial charge in [0.1, 0.15) is 5.52 Å². The van der Waals surface area contributed by atoms with Crippen LogP contribution in [0, 0.1) is 6.92 Å². The van der Waals surface area contributed by atoms with Gasteiger partial charge in [-0.2, -0.15) is 5.10 Å². The molecule has 0 saturated heterocycles. The minimum absolute atomic E-state index is 0.541. The molecule has 0 atom stereocenters. The fraction of sp³-hybridized carbons (Fsp3) is 0.0909. The quantitative estimate of drug-likeness (QED) is 0.608. The van der Waals surface area contributed by atoms with Gasteiger partial charge in [-0.3, -0.25) is 5.10 Å². The monoisotopic (exact) mass is 214 g/mol. The average Bonchev–Trinajstić information content (AvgIpc) is 2.84. The van der Waals surface area contributed by atoms with Gasteiger partial charge in [-0.15, -0.1) is 0 Å². The van der Waals surface area contributed by atoms with E-state index in [1.807, 2.05) is 19.1 Å². The molecule has 0 aliphatic heterocycles. The number of aryl methyl sites for hydroxylation is 1. The Morgan fingerprint density at radius 1 is 1.38 bits per heavy atom. The Morgan fingerprint density at radius 2 is 2.25 bits per heavy atom. The fourth-order valence-corrected chi connectivity index (χ4v) is 1.65. The number of hydrogen-bond donors (Lipinski definition) is 2. The highest BCUT2D eigenvalue weighted by atomic mass is 16.3. The lowest BCUT2D eigenvalue weighted by molar-refractivity contribution is 0.619. The fourth-order valence-electron chi connectivity index (χ4n) is 1.65. The van der Waals surface area contributed by atoms with Crippen LogP contribution in [-0.4, -0.2) is 15.2 Å². The highest BCUT2D eigenvalue weighted by Gasteiger charge is 2.12. The number of para-hydroxylation sites is 1. The molecule has 3 rings (SSSR count). The lowest BCUT2D eigenvalue weighted by Crippen LogP contribution is -1.85. The van der Waals surface area contributed by atoms with Gasteiger partial charge in [0.2, 0.25) is 5.89 Å².